The Morgan fingerprint density at radius 2 is 1.63 bits per heavy atom. The van der Waals surface area contributed by atoms with E-state index in [9.17, 15) is 13.2 Å². The predicted molar refractivity (Wildman–Crippen MR) is 106 cm³/mol. The van der Waals surface area contributed by atoms with Gasteiger partial charge in [0.15, 0.2) is 0 Å². The molecule has 3 rings (SSSR count). The van der Waals surface area contributed by atoms with Crippen molar-refractivity contribution in [3.8, 4) is 5.75 Å². The Hall–Kier alpha value is -2.54. The summed E-state index contributed by atoms with van der Waals surface area (Å²) in [4.78, 5) is 13.0. The highest BCUT2D eigenvalue weighted by molar-refractivity contribution is 7.92. The van der Waals surface area contributed by atoms with E-state index in [1.165, 1.54) is 24.7 Å². The van der Waals surface area contributed by atoms with Crippen LogP contribution in [-0.2, 0) is 14.8 Å². The van der Waals surface area contributed by atoms with E-state index >= 15 is 0 Å². The van der Waals surface area contributed by atoms with Gasteiger partial charge < -0.3 is 9.64 Å². The number of ether oxygens (including phenoxy) is 1. The van der Waals surface area contributed by atoms with Crippen LogP contribution in [0.15, 0.2) is 53.4 Å². The number of nitrogens with zero attached hydrogens (tertiary/aromatic N) is 1. The second-order valence-electron chi connectivity index (χ2n) is 6.73. The number of carbonyl (C=O) groups is 1. The summed E-state index contributed by atoms with van der Waals surface area (Å²) in [5, 5.41) is 0. The summed E-state index contributed by atoms with van der Waals surface area (Å²) < 4.78 is 33.6. The lowest BCUT2D eigenvalue weighted by Gasteiger charge is -2.16. The number of hydrogen-bond acceptors (Lipinski definition) is 4. The van der Waals surface area contributed by atoms with Crippen LogP contribution in [0.5, 0.6) is 5.75 Å². The van der Waals surface area contributed by atoms with Crippen LogP contribution in [0.3, 0.4) is 0 Å². The lowest BCUT2D eigenvalue weighted by atomic mass is 10.2. The van der Waals surface area contributed by atoms with Crippen LogP contribution in [0.1, 0.15) is 32.6 Å². The first-order valence-electron chi connectivity index (χ1n) is 8.99. The Morgan fingerprint density at radius 3 is 2.19 bits per heavy atom. The summed E-state index contributed by atoms with van der Waals surface area (Å²) in [6.45, 7) is 1.47. The highest BCUT2D eigenvalue weighted by Gasteiger charge is 2.18. The highest BCUT2D eigenvalue weighted by Crippen LogP contribution is 2.26. The normalized spacial score (nSPS) is 14.7. The summed E-state index contributed by atoms with van der Waals surface area (Å²) in [5.74, 6) is 0.598. The average molecular weight is 388 g/mol. The molecular weight excluding hydrogens is 364 g/mol. The molecule has 0 saturated heterocycles. The second-order valence-corrected chi connectivity index (χ2v) is 8.41. The van der Waals surface area contributed by atoms with Gasteiger partial charge in [-0.1, -0.05) is 0 Å². The third kappa shape index (κ3) is 4.80. The van der Waals surface area contributed by atoms with Crippen molar-refractivity contribution in [3.05, 3.63) is 48.5 Å². The molecular formula is C20H24N2O4S. The Balaban J connectivity index is 1.67. The highest BCUT2D eigenvalue weighted by atomic mass is 32.2. The average Bonchev–Trinajstić information content (AvgIpc) is 3.15. The Labute approximate surface area is 160 Å². The van der Waals surface area contributed by atoms with Gasteiger partial charge in [0.25, 0.3) is 10.0 Å². The van der Waals surface area contributed by atoms with E-state index in [4.69, 9.17) is 4.74 Å². The molecule has 1 N–H and O–H groups in total. The fraction of sp³-hybridized carbons (Fsp3) is 0.350. The molecule has 1 fully saturated rings. The van der Waals surface area contributed by atoms with Crippen LogP contribution in [0.25, 0.3) is 0 Å². The van der Waals surface area contributed by atoms with Gasteiger partial charge in [0.05, 0.1) is 11.0 Å². The van der Waals surface area contributed by atoms with Gasteiger partial charge in [-0.2, -0.15) is 0 Å². The maximum absolute atomic E-state index is 12.6. The first-order valence-corrected chi connectivity index (χ1v) is 10.5. The molecule has 144 valence electrons. The minimum atomic E-state index is -3.69. The molecule has 0 unspecified atom stereocenters. The van der Waals surface area contributed by atoms with Crippen molar-refractivity contribution in [2.75, 3.05) is 16.7 Å². The molecule has 2 aromatic rings. The molecule has 1 amide bonds. The molecule has 1 aliphatic rings. The van der Waals surface area contributed by atoms with Crippen molar-refractivity contribution in [2.24, 2.45) is 0 Å². The fourth-order valence-corrected chi connectivity index (χ4v) is 4.10. The van der Waals surface area contributed by atoms with Crippen molar-refractivity contribution in [2.45, 2.75) is 43.6 Å². The van der Waals surface area contributed by atoms with Crippen molar-refractivity contribution in [1.82, 2.24) is 0 Å². The molecule has 0 heterocycles. The van der Waals surface area contributed by atoms with E-state index in [1.807, 2.05) is 0 Å². The van der Waals surface area contributed by atoms with E-state index in [0.29, 0.717) is 17.1 Å². The van der Waals surface area contributed by atoms with Crippen molar-refractivity contribution in [3.63, 3.8) is 0 Å². The third-order valence-corrected chi connectivity index (χ3v) is 6.12. The quantitative estimate of drug-likeness (QED) is 0.817. The van der Waals surface area contributed by atoms with E-state index < -0.39 is 10.0 Å². The van der Waals surface area contributed by atoms with Crippen molar-refractivity contribution < 1.29 is 17.9 Å². The van der Waals surface area contributed by atoms with Crippen LogP contribution in [0.2, 0.25) is 0 Å². The van der Waals surface area contributed by atoms with Gasteiger partial charge >= 0.3 is 0 Å². The maximum Gasteiger partial charge on any atom is 0.261 e. The van der Waals surface area contributed by atoms with Gasteiger partial charge in [-0.15, -0.1) is 0 Å². The molecule has 0 radical (unpaired) electrons. The smallest absolute Gasteiger partial charge is 0.261 e. The van der Waals surface area contributed by atoms with E-state index in [2.05, 4.69) is 4.72 Å². The van der Waals surface area contributed by atoms with E-state index in [0.717, 1.165) is 12.8 Å². The molecule has 27 heavy (non-hydrogen) atoms. The molecule has 6 nitrogen and oxygen atoms in total. The van der Waals surface area contributed by atoms with Crippen LogP contribution < -0.4 is 14.4 Å². The largest absolute Gasteiger partial charge is 0.490 e. The first-order chi connectivity index (χ1) is 12.8. The zero-order valence-corrected chi connectivity index (χ0v) is 16.3. The lowest BCUT2D eigenvalue weighted by Crippen LogP contribution is -2.22. The lowest BCUT2D eigenvalue weighted by molar-refractivity contribution is -0.116. The summed E-state index contributed by atoms with van der Waals surface area (Å²) in [6, 6.07) is 13.1. The number of benzene rings is 2. The Kier molecular flexibility index (Phi) is 5.70. The van der Waals surface area contributed by atoms with Crippen LogP contribution in [0, 0.1) is 0 Å². The molecule has 0 aromatic heterocycles. The summed E-state index contributed by atoms with van der Waals surface area (Å²) in [7, 11) is -2.03. The molecule has 0 aliphatic heterocycles. The number of nitrogens with one attached hydrogen (secondary N) is 1. The minimum Gasteiger partial charge on any atom is -0.490 e. The topological polar surface area (TPSA) is 75.7 Å². The Bertz CT molecular complexity index is 887. The molecule has 7 heteroatoms. The van der Waals surface area contributed by atoms with Gasteiger partial charge in [0, 0.05) is 25.3 Å². The number of rotatable bonds is 6. The molecule has 0 spiro atoms. The summed E-state index contributed by atoms with van der Waals surface area (Å²) in [6.07, 6.45) is 4.70. The van der Waals surface area contributed by atoms with E-state index in [1.54, 1.807) is 55.6 Å². The fourth-order valence-electron chi connectivity index (χ4n) is 3.04. The third-order valence-electron chi connectivity index (χ3n) is 4.72. The SMILES string of the molecule is CC(=O)N(C)c1ccc(NS(=O)(=O)c2ccc(OC3CCCC3)cc2)cc1. The van der Waals surface area contributed by atoms with Crippen molar-refractivity contribution in [1.29, 1.82) is 0 Å². The summed E-state index contributed by atoms with van der Waals surface area (Å²) >= 11 is 0. The van der Waals surface area contributed by atoms with Crippen LogP contribution in [0.4, 0.5) is 11.4 Å². The molecule has 0 atom stereocenters. The molecule has 1 saturated carbocycles. The molecule has 1 aliphatic carbocycles. The zero-order valence-electron chi connectivity index (χ0n) is 15.5. The van der Waals surface area contributed by atoms with Crippen LogP contribution >= 0.6 is 0 Å². The van der Waals surface area contributed by atoms with Gasteiger partial charge in [0.2, 0.25) is 5.91 Å². The predicted octanol–water partition coefficient (Wildman–Crippen LogP) is 3.79. The maximum atomic E-state index is 12.6. The van der Waals surface area contributed by atoms with Gasteiger partial charge in [0.1, 0.15) is 5.75 Å². The second kappa shape index (κ2) is 8.00. The summed E-state index contributed by atoms with van der Waals surface area (Å²) in [5.41, 5.74) is 1.13. The number of carbonyl (C=O) groups excluding carboxylic acids is 1. The van der Waals surface area contributed by atoms with Crippen LogP contribution in [-0.4, -0.2) is 27.5 Å². The zero-order chi connectivity index (χ0) is 19.4. The minimum absolute atomic E-state index is 0.0942. The van der Waals surface area contributed by atoms with Gasteiger partial charge in [-0.3, -0.25) is 9.52 Å². The molecule has 0 bridgehead atoms. The number of sulfonamides is 1. The van der Waals surface area contributed by atoms with Gasteiger partial charge in [-0.05, 0) is 74.2 Å². The number of hydrogen-bond donors (Lipinski definition) is 1. The standard InChI is InChI=1S/C20H24N2O4S/c1-15(23)22(2)17-9-7-16(8-10-17)21-27(24,25)20-13-11-19(12-14-20)26-18-5-3-4-6-18/h7-14,18,21H,3-6H2,1-2H3. The number of amides is 1. The first kappa shape index (κ1) is 19.2. The number of anilines is 2. The van der Waals surface area contributed by atoms with Gasteiger partial charge in [-0.25, -0.2) is 8.42 Å². The van der Waals surface area contributed by atoms with E-state index in [-0.39, 0.29) is 16.9 Å². The van der Waals surface area contributed by atoms with Crippen molar-refractivity contribution >= 4 is 27.3 Å². The molecule has 2 aromatic carbocycles. The monoisotopic (exact) mass is 388 g/mol. The Morgan fingerprint density at radius 1 is 1.04 bits per heavy atom.